The van der Waals surface area contributed by atoms with Crippen LogP contribution < -0.4 is 0 Å². The Bertz CT molecular complexity index is 952. The highest BCUT2D eigenvalue weighted by atomic mass is 16.5. The summed E-state index contributed by atoms with van der Waals surface area (Å²) < 4.78 is 5.26. The lowest BCUT2D eigenvalue weighted by molar-refractivity contribution is -0.116. The van der Waals surface area contributed by atoms with Gasteiger partial charge in [0.15, 0.2) is 11.6 Å². The molecule has 0 amide bonds. The number of fused-ring (bicyclic) bond motifs is 1. The van der Waals surface area contributed by atoms with E-state index in [1.807, 2.05) is 30.3 Å². The number of hydrogen-bond acceptors (Lipinski definition) is 6. The third-order valence-corrected chi connectivity index (χ3v) is 5.54. The number of aliphatic hydroxyl groups is 1. The van der Waals surface area contributed by atoms with E-state index in [4.69, 9.17) is 9.93 Å². The van der Waals surface area contributed by atoms with Gasteiger partial charge in [-0.2, -0.15) is 0 Å². The number of aliphatic hydroxyl groups excluding tert-OH is 1. The first-order chi connectivity index (χ1) is 13.5. The van der Waals surface area contributed by atoms with Gasteiger partial charge in [0.05, 0.1) is 16.8 Å². The first-order valence-electron chi connectivity index (χ1n) is 9.63. The number of nitrogens with zero attached hydrogens (tertiary/aromatic N) is 1. The Labute approximate surface area is 162 Å². The van der Waals surface area contributed by atoms with Gasteiger partial charge < -0.3 is 15.0 Å². The van der Waals surface area contributed by atoms with Crippen molar-refractivity contribution in [3.63, 3.8) is 0 Å². The molecule has 6 heteroatoms. The van der Waals surface area contributed by atoms with E-state index >= 15 is 0 Å². The van der Waals surface area contributed by atoms with Crippen LogP contribution in [-0.2, 0) is 17.6 Å². The molecule has 1 heterocycles. The summed E-state index contributed by atoms with van der Waals surface area (Å²) in [6.07, 6.45) is 3.12. The zero-order valence-corrected chi connectivity index (χ0v) is 15.5. The number of aryl methyl sites for hydroxylation is 2. The van der Waals surface area contributed by atoms with E-state index in [2.05, 4.69) is 5.16 Å². The van der Waals surface area contributed by atoms with Crippen LogP contribution in [-0.4, -0.2) is 27.5 Å². The van der Waals surface area contributed by atoms with Gasteiger partial charge in [-0.05, 0) is 24.3 Å². The van der Waals surface area contributed by atoms with E-state index in [0.29, 0.717) is 42.7 Å². The Hall–Kier alpha value is -3.02. The van der Waals surface area contributed by atoms with Gasteiger partial charge in [0.25, 0.3) is 0 Å². The summed E-state index contributed by atoms with van der Waals surface area (Å²) in [5.74, 6) is 0.308. The van der Waals surface area contributed by atoms with Crippen molar-refractivity contribution in [3.8, 4) is 0 Å². The quantitative estimate of drug-likeness (QED) is 0.615. The summed E-state index contributed by atoms with van der Waals surface area (Å²) in [6, 6.07) is 9.69. The number of allylic oxidation sites excluding steroid dienone is 2. The molecule has 6 nitrogen and oxygen atoms in total. The molecule has 0 bridgehead atoms. The molecule has 1 aromatic heterocycles. The topological polar surface area (TPSA) is 104 Å². The zero-order valence-electron chi connectivity index (χ0n) is 15.5. The predicted octanol–water partition coefficient (Wildman–Crippen LogP) is 4.10. The number of carbonyl (C=O) groups excluding carboxylic acids is 2. The molecule has 2 aliphatic carbocycles. The minimum absolute atomic E-state index is 0.0248. The number of benzene rings is 1. The third-order valence-electron chi connectivity index (χ3n) is 5.54. The summed E-state index contributed by atoms with van der Waals surface area (Å²) >= 11 is 0. The van der Waals surface area contributed by atoms with Crippen LogP contribution in [0.25, 0.3) is 0 Å². The second-order valence-corrected chi connectivity index (χ2v) is 7.44. The maximum atomic E-state index is 12.6. The Morgan fingerprint density at radius 2 is 1.93 bits per heavy atom. The number of aromatic nitrogens is 1. The number of rotatable bonds is 4. The maximum Gasteiger partial charge on any atom is 0.168 e. The average Bonchev–Trinajstić information content (AvgIpc) is 3.11. The van der Waals surface area contributed by atoms with Gasteiger partial charge in [0, 0.05) is 37.8 Å². The highest BCUT2D eigenvalue weighted by molar-refractivity contribution is 6.23. The Balaban J connectivity index is 1.49. The van der Waals surface area contributed by atoms with E-state index < -0.39 is 0 Å². The molecule has 0 spiro atoms. The van der Waals surface area contributed by atoms with Crippen LogP contribution in [0.1, 0.15) is 65.4 Å². The smallest absolute Gasteiger partial charge is 0.168 e. The lowest BCUT2D eigenvalue weighted by Gasteiger charge is -2.24. The fraction of sp³-hybridized carbons (Fsp3) is 0.364. The van der Waals surface area contributed by atoms with E-state index in [0.717, 1.165) is 12.0 Å². The van der Waals surface area contributed by atoms with Crippen LogP contribution >= 0.6 is 0 Å². The second kappa shape index (κ2) is 7.54. The second-order valence-electron chi connectivity index (χ2n) is 7.44. The first kappa shape index (κ1) is 18.3. The highest BCUT2D eigenvalue weighted by Crippen LogP contribution is 2.33. The molecule has 2 aliphatic rings. The molecular weight excluding hydrogens is 356 g/mol. The van der Waals surface area contributed by atoms with Crippen molar-refractivity contribution in [2.45, 2.75) is 50.9 Å². The van der Waals surface area contributed by atoms with Crippen molar-refractivity contribution >= 4 is 17.3 Å². The van der Waals surface area contributed by atoms with Gasteiger partial charge in [0.2, 0.25) is 0 Å². The highest BCUT2D eigenvalue weighted by Gasteiger charge is 2.32. The molecule has 1 aromatic carbocycles. The van der Waals surface area contributed by atoms with Gasteiger partial charge in [-0.25, -0.2) is 0 Å². The summed E-state index contributed by atoms with van der Waals surface area (Å²) in [4.78, 5) is 24.8. The number of carbonyl (C=O) groups is 2. The zero-order chi connectivity index (χ0) is 19.7. The van der Waals surface area contributed by atoms with Crippen molar-refractivity contribution in [2.24, 2.45) is 0 Å². The molecular formula is C22H22N2O4. The summed E-state index contributed by atoms with van der Waals surface area (Å²) in [6.45, 7) is 0. The van der Waals surface area contributed by atoms with Crippen LogP contribution in [0.15, 0.2) is 46.2 Å². The van der Waals surface area contributed by atoms with Gasteiger partial charge in [0.1, 0.15) is 11.5 Å². The molecule has 4 rings (SSSR count). The lowest BCUT2D eigenvalue weighted by Crippen LogP contribution is -2.26. The molecule has 144 valence electrons. The molecule has 1 atom stereocenters. The van der Waals surface area contributed by atoms with Crippen molar-refractivity contribution in [2.75, 3.05) is 0 Å². The molecule has 0 saturated heterocycles. The van der Waals surface area contributed by atoms with Crippen molar-refractivity contribution in [1.82, 2.24) is 5.16 Å². The third kappa shape index (κ3) is 3.42. The lowest BCUT2D eigenvalue weighted by atomic mass is 9.79. The minimum Gasteiger partial charge on any atom is -0.511 e. The fourth-order valence-corrected chi connectivity index (χ4v) is 4.13. The first-order valence-corrected chi connectivity index (χ1v) is 9.63. The Morgan fingerprint density at radius 3 is 2.68 bits per heavy atom. The van der Waals surface area contributed by atoms with Crippen LogP contribution in [0, 0.1) is 5.41 Å². The number of nitrogens with one attached hydrogen (secondary N) is 1. The Kier molecular flexibility index (Phi) is 4.94. The number of hydrogen-bond donors (Lipinski definition) is 2. The van der Waals surface area contributed by atoms with Crippen LogP contribution in [0.2, 0.25) is 0 Å². The van der Waals surface area contributed by atoms with Gasteiger partial charge in [-0.1, -0.05) is 35.5 Å². The number of Topliss-reactive ketones (excluding diaryl/α,β-unsaturated/α-hetero) is 2. The maximum absolute atomic E-state index is 12.6. The summed E-state index contributed by atoms with van der Waals surface area (Å²) in [5, 5.41) is 22.8. The molecule has 2 aromatic rings. The van der Waals surface area contributed by atoms with E-state index in [9.17, 15) is 14.7 Å². The monoisotopic (exact) mass is 378 g/mol. The van der Waals surface area contributed by atoms with E-state index in [-0.39, 0.29) is 47.4 Å². The van der Waals surface area contributed by atoms with Crippen molar-refractivity contribution < 1.29 is 19.2 Å². The fourth-order valence-electron chi connectivity index (χ4n) is 4.13. The molecule has 0 aliphatic heterocycles. The molecule has 2 N–H and O–H groups in total. The van der Waals surface area contributed by atoms with Gasteiger partial charge in [-0.15, -0.1) is 0 Å². The van der Waals surface area contributed by atoms with Crippen molar-refractivity contribution in [1.29, 1.82) is 5.41 Å². The minimum atomic E-state index is -0.208. The SMILES string of the molecule is N=C1CC(c2ccccc2)CC(=O)C1=C(O)CCc1noc2c1C(=O)CCC2. The summed E-state index contributed by atoms with van der Waals surface area (Å²) in [5.41, 5.74) is 2.39. The van der Waals surface area contributed by atoms with Crippen molar-refractivity contribution in [3.05, 3.63) is 64.2 Å². The standard InChI is InChI=1S/C22H22N2O4/c23-15-11-14(13-5-2-1-3-6-13)12-19(27)21(15)18(26)10-9-16-22-17(25)7-4-8-20(22)28-24-16/h1-3,5-6,14,23,26H,4,7-12H2. The molecule has 28 heavy (non-hydrogen) atoms. The normalized spacial score (nSPS) is 21.6. The van der Waals surface area contributed by atoms with Gasteiger partial charge >= 0.3 is 0 Å². The van der Waals surface area contributed by atoms with Crippen LogP contribution in [0.3, 0.4) is 0 Å². The van der Waals surface area contributed by atoms with Crippen LogP contribution in [0.4, 0.5) is 0 Å². The summed E-state index contributed by atoms with van der Waals surface area (Å²) in [7, 11) is 0. The van der Waals surface area contributed by atoms with E-state index in [1.165, 1.54) is 0 Å². The largest absolute Gasteiger partial charge is 0.511 e. The van der Waals surface area contributed by atoms with Gasteiger partial charge in [-0.3, -0.25) is 9.59 Å². The molecule has 1 unspecified atom stereocenters. The van der Waals surface area contributed by atoms with Crippen LogP contribution in [0.5, 0.6) is 0 Å². The number of ketones is 2. The molecule has 1 saturated carbocycles. The average molecular weight is 378 g/mol. The predicted molar refractivity (Wildman–Crippen MR) is 103 cm³/mol. The molecule has 0 radical (unpaired) electrons. The van der Waals surface area contributed by atoms with E-state index in [1.54, 1.807) is 0 Å². The molecule has 1 fully saturated rings. The Morgan fingerprint density at radius 1 is 1.14 bits per heavy atom.